The zero-order valence-electron chi connectivity index (χ0n) is 9.34. The van der Waals surface area contributed by atoms with Crippen molar-refractivity contribution in [3.8, 4) is 0 Å². The second-order valence-electron chi connectivity index (χ2n) is 3.91. The number of nitrogen functional groups attached to an aromatic ring is 1. The van der Waals surface area contributed by atoms with Gasteiger partial charge in [0.05, 0.1) is 10.0 Å². The number of carbonyl (C=O) groups is 1. The lowest BCUT2D eigenvalue weighted by atomic mass is 10.1. The van der Waals surface area contributed by atoms with Gasteiger partial charge >= 0.3 is 0 Å². The van der Waals surface area contributed by atoms with Crippen LogP contribution in [0, 0.1) is 0 Å². The number of primary amides is 1. The summed E-state index contributed by atoms with van der Waals surface area (Å²) >= 11 is 11.8. The number of halogens is 2. The molecule has 1 aromatic rings. The van der Waals surface area contributed by atoms with Crippen LogP contribution < -0.4 is 22.3 Å². The van der Waals surface area contributed by atoms with Crippen LogP contribution in [0.1, 0.15) is 13.8 Å². The third kappa shape index (κ3) is 3.12. The van der Waals surface area contributed by atoms with Crippen molar-refractivity contribution in [2.45, 2.75) is 19.4 Å². The Morgan fingerprint density at radius 2 is 1.88 bits per heavy atom. The number of hydrazine groups is 1. The molecule has 6 N–H and O–H groups in total. The fourth-order valence-corrected chi connectivity index (χ4v) is 1.47. The smallest absolute Gasteiger partial charge is 0.242 e. The molecule has 0 saturated carbocycles. The molecule has 0 aliphatic carbocycles. The van der Waals surface area contributed by atoms with Gasteiger partial charge in [-0.2, -0.15) is 0 Å². The third-order valence-corrected chi connectivity index (χ3v) is 2.69. The van der Waals surface area contributed by atoms with Gasteiger partial charge in [0.25, 0.3) is 0 Å². The van der Waals surface area contributed by atoms with Gasteiger partial charge < -0.3 is 16.5 Å². The average Bonchev–Trinajstić information content (AvgIpc) is 2.21. The fraction of sp³-hybridized carbons (Fsp3) is 0.333. The summed E-state index contributed by atoms with van der Waals surface area (Å²) in [4.78, 5) is 15.2. The Labute approximate surface area is 109 Å². The second kappa shape index (κ2) is 4.95. The van der Waals surface area contributed by atoms with Crippen LogP contribution in [0.3, 0.4) is 0 Å². The van der Waals surface area contributed by atoms with Crippen molar-refractivity contribution < 1.29 is 4.79 Å². The van der Waals surface area contributed by atoms with Crippen molar-refractivity contribution in [2.75, 3.05) is 10.7 Å². The maximum atomic E-state index is 11.2. The number of nitrogens with one attached hydrogen (secondary N) is 2. The number of aromatic nitrogens is 1. The van der Waals surface area contributed by atoms with E-state index in [9.17, 15) is 4.79 Å². The molecule has 1 aromatic heterocycles. The molecule has 0 aliphatic heterocycles. The fourth-order valence-electron chi connectivity index (χ4n) is 1.01. The summed E-state index contributed by atoms with van der Waals surface area (Å²) < 4.78 is 0. The van der Waals surface area contributed by atoms with E-state index in [-0.39, 0.29) is 21.7 Å². The molecule has 1 rings (SSSR count). The van der Waals surface area contributed by atoms with E-state index >= 15 is 0 Å². The molecule has 1 amide bonds. The lowest BCUT2D eigenvalue weighted by Gasteiger charge is -2.23. The van der Waals surface area contributed by atoms with Crippen LogP contribution in [0.5, 0.6) is 0 Å². The number of nitrogens with two attached hydrogens (primary N) is 2. The summed E-state index contributed by atoms with van der Waals surface area (Å²) in [5.41, 5.74) is 6.56. The first kappa shape index (κ1) is 13.8. The SMILES string of the molecule is CC(C)(Nc1nc(NN)c(Cl)cc1Cl)C(N)=O. The first-order valence-electron chi connectivity index (χ1n) is 4.68. The van der Waals surface area contributed by atoms with Crippen molar-refractivity contribution in [1.82, 2.24) is 4.98 Å². The summed E-state index contributed by atoms with van der Waals surface area (Å²) in [5.74, 6) is 5.22. The molecule has 1 heterocycles. The largest absolute Gasteiger partial charge is 0.368 e. The van der Waals surface area contributed by atoms with Crippen molar-refractivity contribution in [3.63, 3.8) is 0 Å². The molecule has 0 unspecified atom stereocenters. The highest BCUT2D eigenvalue weighted by atomic mass is 35.5. The molecule has 0 saturated heterocycles. The molecular weight excluding hydrogens is 265 g/mol. The standard InChI is InChI=1S/C9H13Cl2N5O/c1-9(2,8(12)17)15-6-4(10)3-5(11)7(14-6)16-13/h3H,13H2,1-2H3,(H2,12,17)(H2,14,15,16). The molecule has 17 heavy (non-hydrogen) atoms. The van der Waals surface area contributed by atoms with E-state index in [1.54, 1.807) is 13.8 Å². The second-order valence-corrected chi connectivity index (χ2v) is 4.72. The number of hydrogen-bond acceptors (Lipinski definition) is 5. The summed E-state index contributed by atoms with van der Waals surface area (Å²) in [6.45, 7) is 3.22. The number of carbonyl (C=O) groups excluding carboxylic acids is 1. The Morgan fingerprint density at radius 1 is 1.35 bits per heavy atom. The predicted molar refractivity (Wildman–Crippen MR) is 69.0 cm³/mol. The molecule has 0 aliphatic rings. The molecule has 6 nitrogen and oxygen atoms in total. The summed E-state index contributed by atoms with van der Waals surface area (Å²) in [6, 6.07) is 1.46. The van der Waals surface area contributed by atoms with Crippen LogP contribution in [-0.4, -0.2) is 16.4 Å². The minimum Gasteiger partial charge on any atom is -0.368 e. The number of anilines is 2. The Morgan fingerprint density at radius 3 is 2.35 bits per heavy atom. The van der Waals surface area contributed by atoms with Crippen LogP contribution in [0.2, 0.25) is 10.0 Å². The van der Waals surface area contributed by atoms with Crippen molar-refractivity contribution in [1.29, 1.82) is 0 Å². The normalized spacial score (nSPS) is 11.1. The minimum atomic E-state index is -0.990. The van der Waals surface area contributed by atoms with E-state index in [0.29, 0.717) is 0 Å². The third-order valence-electron chi connectivity index (χ3n) is 2.11. The Hall–Kier alpha value is -1.24. The highest BCUT2D eigenvalue weighted by Gasteiger charge is 2.26. The molecule has 0 spiro atoms. The van der Waals surface area contributed by atoms with Crippen molar-refractivity contribution in [3.05, 3.63) is 16.1 Å². The van der Waals surface area contributed by atoms with E-state index < -0.39 is 11.4 Å². The van der Waals surface area contributed by atoms with Gasteiger partial charge in [0.15, 0.2) is 5.82 Å². The monoisotopic (exact) mass is 277 g/mol. The number of hydrogen-bond donors (Lipinski definition) is 4. The Bertz CT molecular complexity index is 449. The van der Waals surface area contributed by atoms with Crippen molar-refractivity contribution in [2.24, 2.45) is 11.6 Å². The zero-order chi connectivity index (χ0) is 13.2. The summed E-state index contributed by atoms with van der Waals surface area (Å²) in [7, 11) is 0. The van der Waals surface area contributed by atoms with Crippen LogP contribution >= 0.6 is 23.2 Å². The Kier molecular flexibility index (Phi) is 4.03. The number of rotatable bonds is 4. The molecule has 0 radical (unpaired) electrons. The topological polar surface area (TPSA) is 106 Å². The van der Waals surface area contributed by atoms with Crippen LogP contribution in [0.15, 0.2) is 6.07 Å². The van der Waals surface area contributed by atoms with Crippen LogP contribution in [-0.2, 0) is 4.79 Å². The highest BCUT2D eigenvalue weighted by molar-refractivity contribution is 6.37. The van der Waals surface area contributed by atoms with Gasteiger partial charge in [0, 0.05) is 0 Å². The first-order valence-corrected chi connectivity index (χ1v) is 5.44. The quantitative estimate of drug-likeness (QED) is 0.491. The molecule has 0 fully saturated rings. The molecule has 8 heteroatoms. The number of pyridine rings is 1. The molecule has 0 bridgehead atoms. The van der Waals surface area contributed by atoms with Gasteiger partial charge in [0.1, 0.15) is 11.4 Å². The van der Waals surface area contributed by atoms with E-state index in [0.717, 1.165) is 0 Å². The van der Waals surface area contributed by atoms with Gasteiger partial charge in [-0.05, 0) is 19.9 Å². The number of nitrogens with zero attached hydrogens (tertiary/aromatic N) is 1. The van der Waals surface area contributed by atoms with Gasteiger partial charge in [0.2, 0.25) is 5.91 Å². The average molecular weight is 278 g/mol. The number of amides is 1. The maximum Gasteiger partial charge on any atom is 0.242 e. The summed E-state index contributed by atoms with van der Waals surface area (Å²) in [5, 5.41) is 3.36. The highest BCUT2D eigenvalue weighted by Crippen LogP contribution is 2.30. The van der Waals surface area contributed by atoms with E-state index in [1.807, 2.05) is 0 Å². The molecule has 0 atom stereocenters. The lowest BCUT2D eigenvalue weighted by Crippen LogP contribution is -2.45. The van der Waals surface area contributed by atoms with Crippen LogP contribution in [0.25, 0.3) is 0 Å². The Balaban J connectivity index is 3.11. The van der Waals surface area contributed by atoms with Gasteiger partial charge in [-0.15, -0.1) is 0 Å². The lowest BCUT2D eigenvalue weighted by molar-refractivity contribution is -0.121. The first-order chi connectivity index (χ1) is 7.77. The molecule has 94 valence electrons. The van der Waals surface area contributed by atoms with Gasteiger partial charge in [-0.3, -0.25) is 4.79 Å². The summed E-state index contributed by atoms with van der Waals surface area (Å²) in [6.07, 6.45) is 0. The van der Waals surface area contributed by atoms with E-state index in [1.165, 1.54) is 6.07 Å². The van der Waals surface area contributed by atoms with Crippen molar-refractivity contribution >= 4 is 40.7 Å². The molecular formula is C9H13Cl2N5O. The van der Waals surface area contributed by atoms with Crippen LogP contribution in [0.4, 0.5) is 11.6 Å². The van der Waals surface area contributed by atoms with E-state index in [2.05, 4.69) is 15.7 Å². The zero-order valence-corrected chi connectivity index (χ0v) is 10.9. The minimum absolute atomic E-state index is 0.249. The predicted octanol–water partition coefficient (Wildman–Crippen LogP) is 1.35. The molecule has 0 aromatic carbocycles. The van der Waals surface area contributed by atoms with Gasteiger partial charge in [-0.25, -0.2) is 10.8 Å². The van der Waals surface area contributed by atoms with E-state index in [4.69, 9.17) is 34.8 Å². The maximum absolute atomic E-state index is 11.2. The van der Waals surface area contributed by atoms with Gasteiger partial charge in [-0.1, -0.05) is 23.2 Å².